The molecule has 3 N–H and O–H groups in total. The van der Waals surface area contributed by atoms with Crippen molar-refractivity contribution in [1.82, 2.24) is 20.2 Å². The molecule has 36 heavy (non-hydrogen) atoms. The highest BCUT2D eigenvalue weighted by Gasteiger charge is 2.35. The third-order valence-electron chi connectivity index (χ3n) is 5.78. The highest BCUT2D eigenvalue weighted by atomic mass is 16.6. The summed E-state index contributed by atoms with van der Waals surface area (Å²) in [4.78, 5) is 54.7. The van der Waals surface area contributed by atoms with Gasteiger partial charge in [-0.05, 0) is 60.5 Å². The second kappa shape index (κ2) is 10.9. The van der Waals surface area contributed by atoms with Crippen molar-refractivity contribution in [2.24, 2.45) is 0 Å². The Labute approximate surface area is 212 Å². The number of carbonyl (C=O) groups excluding carboxylic acids is 4. The van der Waals surface area contributed by atoms with Crippen molar-refractivity contribution in [1.29, 1.82) is 0 Å². The molecular formula is C26H37N5O5. The molecule has 3 amide bonds. The molecule has 1 aromatic carbocycles. The number of nitrogens with zero attached hydrogens (tertiary/aromatic N) is 2. The fourth-order valence-electron chi connectivity index (χ4n) is 3.45. The molecule has 0 aliphatic carbocycles. The Morgan fingerprint density at radius 2 is 1.64 bits per heavy atom. The first-order valence-electron chi connectivity index (χ1n) is 11.8. The molecule has 0 radical (unpaired) electrons. The van der Waals surface area contributed by atoms with Gasteiger partial charge in [0.1, 0.15) is 22.7 Å². The van der Waals surface area contributed by atoms with Crippen LogP contribution >= 0.6 is 0 Å². The van der Waals surface area contributed by atoms with Gasteiger partial charge in [-0.25, -0.2) is 9.78 Å². The summed E-state index contributed by atoms with van der Waals surface area (Å²) >= 11 is 0. The van der Waals surface area contributed by atoms with Gasteiger partial charge < -0.3 is 25.3 Å². The van der Waals surface area contributed by atoms with Crippen LogP contribution in [0.4, 0.5) is 10.6 Å². The van der Waals surface area contributed by atoms with Gasteiger partial charge in [0.15, 0.2) is 11.6 Å². The van der Waals surface area contributed by atoms with E-state index in [9.17, 15) is 19.2 Å². The second-order valence-electron chi connectivity index (χ2n) is 10.3. The van der Waals surface area contributed by atoms with Gasteiger partial charge in [-0.1, -0.05) is 37.3 Å². The number of benzene rings is 1. The quantitative estimate of drug-likeness (QED) is 0.485. The van der Waals surface area contributed by atoms with E-state index in [1.165, 1.54) is 27.1 Å². The van der Waals surface area contributed by atoms with Gasteiger partial charge in [-0.15, -0.1) is 0 Å². The summed E-state index contributed by atoms with van der Waals surface area (Å²) < 4.78 is 6.86. The molecule has 1 aromatic heterocycles. The lowest BCUT2D eigenvalue weighted by atomic mass is 9.88. The molecule has 10 nitrogen and oxygen atoms in total. The van der Waals surface area contributed by atoms with E-state index in [0.717, 1.165) is 5.56 Å². The van der Waals surface area contributed by atoms with Gasteiger partial charge >= 0.3 is 6.09 Å². The van der Waals surface area contributed by atoms with E-state index in [0.29, 0.717) is 6.42 Å². The van der Waals surface area contributed by atoms with Crippen molar-refractivity contribution >= 4 is 29.5 Å². The number of carbonyl (C=O) groups is 4. The first-order valence-corrected chi connectivity index (χ1v) is 11.8. The van der Waals surface area contributed by atoms with Gasteiger partial charge in [-0.2, -0.15) is 0 Å². The first-order chi connectivity index (χ1) is 16.6. The molecule has 0 spiro atoms. The minimum Gasteiger partial charge on any atom is -0.444 e. The average molecular weight is 500 g/mol. The van der Waals surface area contributed by atoms with Crippen LogP contribution in [0.3, 0.4) is 0 Å². The van der Waals surface area contributed by atoms with Gasteiger partial charge in [0, 0.05) is 6.20 Å². The van der Waals surface area contributed by atoms with E-state index in [1.54, 1.807) is 45.4 Å². The number of amides is 3. The predicted octanol–water partition coefficient (Wildman–Crippen LogP) is 3.37. The Bertz CT molecular complexity index is 1100. The zero-order valence-corrected chi connectivity index (χ0v) is 22.3. The van der Waals surface area contributed by atoms with Crippen molar-refractivity contribution in [2.75, 3.05) is 5.32 Å². The summed E-state index contributed by atoms with van der Waals surface area (Å²) in [5, 5.41) is 7.89. The Hall–Kier alpha value is -3.69. The van der Waals surface area contributed by atoms with Gasteiger partial charge in [0.2, 0.25) is 11.8 Å². The molecule has 1 heterocycles. The van der Waals surface area contributed by atoms with Crippen molar-refractivity contribution in [3.8, 4) is 0 Å². The number of nitrogens with one attached hydrogen (secondary N) is 3. The number of ketones is 1. The highest BCUT2D eigenvalue weighted by Crippen LogP contribution is 2.28. The standard InChI is InChI=1S/C26H37N5O5/c1-9-19(28-22(34)25(6,7)30-23(35)36-24(3,4)5)21(33)29-20-15-31(16-27-20)26(8,17(2)32)18-13-11-10-12-14-18/h10-16,19H,9H2,1-8H3,(H,28,34)(H,29,33)(H,30,35). The van der Waals surface area contributed by atoms with Crippen LogP contribution in [0.15, 0.2) is 42.9 Å². The molecule has 0 bridgehead atoms. The fraction of sp³-hybridized carbons (Fsp3) is 0.500. The number of anilines is 1. The van der Waals surface area contributed by atoms with E-state index in [-0.39, 0.29) is 11.6 Å². The fourth-order valence-corrected chi connectivity index (χ4v) is 3.45. The number of alkyl carbamates (subject to hydrolysis) is 1. The number of rotatable bonds is 9. The Morgan fingerprint density at radius 1 is 1.03 bits per heavy atom. The third-order valence-corrected chi connectivity index (χ3v) is 5.78. The van der Waals surface area contributed by atoms with E-state index in [4.69, 9.17) is 4.74 Å². The number of ether oxygens (including phenoxy) is 1. The van der Waals surface area contributed by atoms with Crippen molar-refractivity contribution < 1.29 is 23.9 Å². The van der Waals surface area contributed by atoms with Crippen LogP contribution in [-0.4, -0.2) is 50.4 Å². The number of Topliss-reactive ketones (excluding diaryl/α,β-unsaturated/α-hetero) is 1. The molecule has 0 aliphatic rings. The molecule has 2 atom stereocenters. The maximum absolute atomic E-state index is 12.9. The lowest BCUT2D eigenvalue weighted by molar-refractivity contribution is -0.130. The normalized spacial score (nSPS) is 14.2. The third kappa shape index (κ3) is 6.93. The molecule has 0 saturated heterocycles. The Morgan fingerprint density at radius 3 is 2.17 bits per heavy atom. The monoisotopic (exact) mass is 499 g/mol. The summed E-state index contributed by atoms with van der Waals surface area (Å²) in [6.07, 6.45) is 2.63. The molecule has 0 saturated carbocycles. The van der Waals surface area contributed by atoms with Gasteiger partial charge in [0.25, 0.3) is 0 Å². The molecule has 2 rings (SSSR count). The number of hydrogen-bond acceptors (Lipinski definition) is 6. The summed E-state index contributed by atoms with van der Waals surface area (Å²) in [5.74, 6) is -0.882. The van der Waals surface area contributed by atoms with Crippen LogP contribution in [0, 0.1) is 0 Å². The average Bonchev–Trinajstić information content (AvgIpc) is 3.24. The van der Waals surface area contributed by atoms with Crippen LogP contribution in [-0.2, 0) is 24.7 Å². The van der Waals surface area contributed by atoms with E-state index in [2.05, 4.69) is 20.9 Å². The molecule has 0 fully saturated rings. The summed E-state index contributed by atoms with van der Waals surface area (Å²) in [6.45, 7) is 13.2. The maximum Gasteiger partial charge on any atom is 0.408 e. The summed E-state index contributed by atoms with van der Waals surface area (Å²) in [7, 11) is 0. The highest BCUT2D eigenvalue weighted by molar-refractivity contribution is 5.98. The summed E-state index contributed by atoms with van der Waals surface area (Å²) in [5.41, 5.74) is -2.26. The number of imidazole rings is 1. The van der Waals surface area contributed by atoms with Crippen molar-refractivity contribution in [2.45, 2.75) is 84.5 Å². The van der Waals surface area contributed by atoms with Crippen molar-refractivity contribution in [3.05, 3.63) is 48.4 Å². The number of hydrogen-bond donors (Lipinski definition) is 3. The van der Waals surface area contributed by atoms with E-state index >= 15 is 0 Å². The zero-order valence-electron chi connectivity index (χ0n) is 22.3. The van der Waals surface area contributed by atoms with Crippen LogP contribution in [0.5, 0.6) is 0 Å². The minimum atomic E-state index is -1.32. The second-order valence-corrected chi connectivity index (χ2v) is 10.3. The van der Waals surface area contributed by atoms with Crippen LogP contribution in [0.25, 0.3) is 0 Å². The summed E-state index contributed by atoms with van der Waals surface area (Å²) in [6, 6.07) is 8.40. The molecule has 196 valence electrons. The topological polar surface area (TPSA) is 131 Å². The van der Waals surface area contributed by atoms with Crippen LogP contribution in [0.2, 0.25) is 0 Å². The molecule has 2 unspecified atom stereocenters. The van der Waals surface area contributed by atoms with Gasteiger partial charge in [-0.3, -0.25) is 14.4 Å². The Kier molecular flexibility index (Phi) is 8.66. The smallest absolute Gasteiger partial charge is 0.408 e. The van der Waals surface area contributed by atoms with Crippen LogP contribution < -0.4 is 16.0 Å². The van der Waals surface area contributed by atoms with Crippen LogP contribution in [0.1, 0.15) is 67.4 Å². The van der Waals surface area contributed by atoms with E-state index in [1.807, 2.05) is 30.3 Å². The SMILES string of the molecule is CCC(NC(=O)C(C)(C)NC(=O)OC(C)(C)C)C(=O)Nc1cn(C(C)(C(C)=O)c2ccccc2)cn1. The lowest BCUT2D eigenvalue weighted by Crippen LogP contribution is -2.58. The largest absolute Gasteiger partial charge is 0.444 e. The first kappa shape index (κ1) is 28.5. The van der Waals surface area contributed by atoms with Gasteiger partial charge in [0.05, 0.1) is 6.33 Å². The maximum atomic E-state index is 12.9. The Balaban J connectivity index is 2.12. The van der Waals surface area contributed by atoms with Crippen molar-refractivity contribution in [3.63, 3.8) is 0 Å². The van der Waals surface area contributed by atoms with E-state index < -0.39 is 40.6 Å². The zero-order chi connectivity index (χ0) is 27.3. The predicted molar refractivity (Wildman–Crippen MR) is 136 cm³/mol. The molecular weight excluding hydrogens is 462 g/mol. The molecule has 10 heteroatoms. The number of aromatic nitrogens is 2. The lowest BCUT2D eigenvalue weighted by Gasteiger charge is -2.29. The minimum absolute atomic E-state index is 0.0950. The molecule has 0 aliphatic heterocycles. The molecule has 2 aromatic rings.